The van der Waals surface area contributed by atoms with Gasteiger partial charge in [-0.1, -0.05) is 42.2 Å². The molecule has 0 radical (unpaired) electrons. The summed E-state index contributed by atoms with van der Waals surface area (Å²) in [5.74, 6) is -1.34. The number of hydrogen-bond acceptors (Lipinski definition) is 6. The third-order valence-corrected chi connectivity index (χ3v) is 4.24. The van der Waals surface area contributed by atoms with Gasteiger partial charge in [-0.15, -0.1) is 0 Å². The zero-order chi connectivity index (χ0) is 15.4. The van der Waals surface area contributed by atoms with Gasteiger partial charge in [-0.2, -0.15) is 0 Å². The van der Waals surface area contributed by atoms with E-state index in [1.165, 1.54) is 11.0 Å². The van der Waals surface area contributed by atoms with Gasteiger partial charge < -0.3 is 15.0 Å². The Morgan fingerprint density at radius 1 is 1.43 bits per heavy atom. The van der Waals surface area contributed by atoms with Gasteiger partial charge in [-0.05, 0) is 25.0 Å². The highest BCUT2D eigenvalue weighted by Gasteiger charge is 2.31. The van der Waals surface area contributed by atoms with Crippen molar-refractivity contribution in [3.8, 4) is 5.75 Å². The average Bonchev–Trinajstić information content (AvgIpc) is 2.68. The minimum Gasteiger partial charge on any atom is -0.550 e. The lowest BCUT2D eigenvalue weighted by Gasteiger charge is -2.14. The summed E-state index contributed by atoms with van der Waals surface area (Å²) in [5, 5.41) is 20.1. The molecule has 1 aliphatic rings. The fourth-order valence-electron chi connectivity index (χ4n) is 1.83. The number of carbonyl (C=O) groups excluding carboxylic acids is 2. The second kappa shape index (κ2) is 6.73. The maximum atomic E-state index is 12.2. The molecule has 0 atom stereocenters. The molecule has 110 valence electrons. The number of aliphatic carboxylic acids is 1. The van der Waals surface area contributed by atoms with Crippen LogP contribution in [0.3, 0.4) is 0 Å². The van der Waals surface area contributed by atoms with E-state index in [9.17, 15) is 19.8 Å². The van der Waals surface area contributed by atoms with Gasteiger partial charge in [0.25, 0.3) is 5.91 Å². The zero-order valence-corrected chi connectivity index (χ0v) is 12.6. The van der Waals surface area contributed by atoms with E-state index in [0.717, 1.165) is 11.8 Å². The second-order valence-electron chi connectivity index (χ2n) is 4.37. The topological polar surface area (TPSA) is 80.7 Å². The van der Waals surface area contributed by atoms with Gasteiger partial charge in [-0.3, -0.25) is 9.69 Å². The van der Waals surface area contributed by atoms with Crippen LogP contribution < -0.4 is 5.11 Å². The van der Waals surface area contributed by atoms with Crippen molar-refractivity contribution in [3.63, 3.8) is 0 Å². The number of para-hydroxylation sites is 1. The van der Waals surface area contributed by atoms with Gasteiger partial charge in [0.05, 0.1) is 4.91 Å². The molecular formula is C14H12NO4S2-. The number of nitrogens with zero attached hydrogens (tertiary/aromatic N) is 1. The van der Waals surface area contributed by atoms with Crippen molar-refractivity contribution >= 4 is 46.3 Å². The highest BCUT2D eigenvalue weighted by Crippen LogP contribution is 2.34. The first-order chi connectivity index (χ1) is 9.99. The predicted molar refractivity (Wildman–Crippen MR) is 82.2 cm³/mol. The Morgan fingerprint density at radius 2 is 2.14 bits per heavy atom. The summed E-state index contributed by atoms with van der Waals surface area (Å²) < 4.78 is 0.389. The molecule has 0 saturated carbocycles. The number of benzene rings is 1. The SMILES string of the molecule is O=C([O-])CCCN1C(=O)/C(=C/c2ccccc2O)SC1=S. The largest absolute Gasteiger partial charge is 0.550 e. The number of carbonyl (C=O) groups is 2. The molecule has 21 heavy (non-hydrogen) atoms. The molecule has 7 heteroatoms. The first kappa shape index (κ1) is 15.5. The molecule has 1 aliphatic heterocycles. The van der Waals surface area contributed by atoms with E-state index in [-0.39, 0.29) is 24.6 Å². The van der Waals surface area contributed by atoms with Crippen LogP contribution in [0.2, 0.25) is 0 Å². The molecule has 1 fully saturated rings. The van der Waals surface area contributed by atoms with Gasteiger partial charge >= 0.3 is 0 Å². The van der Waals surface area contributed by atoms with E-state index in [1.54, 1.807) is 24.3 Å². The molecule has 2 rings (SSSR count). The Balaban J connectivity index is 2.11. The van der Waals surface area contributed by atoms with E-state index < -0.39 is 5.97 Å². The molecule has 1 amide bonds. The standard InChI is InChI=1S/C14H13NO4S2/c16-10-5-2-1-4-9(10)8-11-13(19)15(14(20)21-11)7-3-6-12(17)18/h1-2,4-5,8,16H,3,6-7H2,(H,17,18)/p-1/b11-8-. The third-order valence-electron chi connectivity index (χ3n) is 2.86. The molecule has 1 heterocycles. The summed E-state index contributed by atoms with van der Waals surface area (Å²) in [6, 6.07) is 6.68. The summed E-state index contributed by atoms with van der Waals surface area (Å²) >= 11 is 6.26. The molecule has 1 N–H and O–H groups in total. The Bertz CT molecular complexity index is 627. The van der Waals surface area contributed by atoms with E-state index in [1.807, 2.05) is 0 Å². The second-order valence-corrected chi connectivity index (χ2v) is 6.04. The van der Waals surface area contributed by atoms with Gasteiger partial charge in [0.15, 0.2) is 0 Å². The lowest BCUT2D eigenvalue weighted by Crippen LogP contribution is -2.30. The highest BCUT2D eigenvalue weighted by molar-refractivity contribution is 8.26. The number of carboxylic acids is 1. The van der Waals surface area contributed by atoms with E-state index in [0.29, 0.717) is 21.2 Å². The summed E-state index contributed by atoms with van der Waals surface area (Å²) in [4.78, 5) is 24.4. The highest BCUT2D eigenvalue weighted by atomic mass is 32.2. The number of carboxylic acid groups (broad SMARTS) is 1. The number of phenols is 1. The monoisotopic (exact) mass is 322 g/mol. The number of thioether (sulfide) groups is 1. The van der Waals surface area contributed by atoms with Gasteiger partial charge in [-0.25, -0.2) is 0 Å². The average molecular weight is 322 g/mol. The molecule has 1 saturated heterocycles. The first-order valence-electron chi connectivity index (χ1n) is 6.22. The Labute approximate surface area is 131 Å². The van der Waals surface area contributed by atoms with Crippen LogP contribution in [-0.4, -0.2) is 32.7 Å². The molecule has 1 aromatic carbocycles. The van der Waals surface area contributed by atoms with Crippen molar-refractivity contribution in [2.24, 2.45) is 0 Å². The van der Waals surface area contributed by atoms with Crippen LogP contribution in [0.1, 0.15) is 18.4 Å². The zero-order valence-electron chi connectivity index (χ0n) is 10.9. The van der Waals surface area contributed by atoms with E-state index in [2.05, 4.69) is 0 Å². The van der Waals surface area contributed by atoms with Crippen molar-refractivity contribution in [3.05, 3.63) is 34.7 Å². The Hall–Kier alpha value is -1.86. The molecule has 0 unspecified atom stereocenters. The minimum atomic E-state index is -1.15. The summed E-state index contributed by atoms with van der Waals surface area (Å²) in [5.41, 5.74) is 0.535. The quantitative estimate of drug-likeness (QED) is 0.646. The molecule has 0 aliphatic carbocycles. The number of rotatable bonds is 5. The van der Waals surface area contributed by atoms with Crippen LogP contribution in [0.5, 0.6) is 5.75 Å². The molecule has 0 spiro atoms. The smallest absolute Gasteiger partial charge is 0.266 e. The molecule has 5 nitrogen and oxygen atoms in total. The maximum absolute atomic E-state index is 12.2. The molecule has 0 aromatic heterocycles. The lowest BCUT2D eigenvalue weighted by atomic mass is 10.2. The van der Waals surface area contributed by atoms with E-state index in [4.69, 9.17) is 12.2 Å². The number of hydrogen-bond donors (Lipinski definition) is 1. The fraction of sp³-hybridized carbons (Fsp3) is 0.214. The summed E-state index contributed by atoms with van der Waals surface area (Å²) in [6.07, 6.45) is 1.75. The van der Waals surface area contributed by atoms with Gasteiger partial charge in [0.1, 0.15) is 10.1 Å². The number of amides is 1. The van der Waals surface area contributed by atoms with Crippen LogP contribution in [0, 0.1) is 0 Å². The normalized spacial score (nSPS) is 16.8. The molecule has 1 aromatic rings. The van der Waals surface area contributed by atoms with Crippen LogP contribution in [0.25, 0.3) is 6.08 Å². The fourth-order valence-corrected chi connectivity index (χ4v) is 3.12. The Kier molecular flexibility index (Phi) is 4.98. The third kappa shape index (κ3) is 3.83. The number of phenolic OH excluding ortho intramolecular Hbond substituents is 1. The van der Waals surface area contributed by atoms with Crippen molar-refractivity contribution in [2.75, 3.05) is 6.54 Å². The molecular weight excluding hydrogens is 310 g/mol. The lowest BCUT2D eigenvalue weighted by molar-refractivity contribution is -0.305. The number of aromatic hydroxyl groups is 1. The van der Waals surface area contributed by atoms with Crippen LogP contribution in [0.15, 0.2) is 29.2 Å². The van der Waals surface area contributed by atoms with Crippen LogP contribution in [0.4, 0.5) is 0 Å². The van der Waals surface area contributed by atoms with Crippen LogP contribution in [-0.2, 0) is 9.59 Å². The Morgan fingerprint density at radius 3 is 2.81 bits per heavy atom. The van der Waals surface area contributed by atoms with E-state index >= 15 is 0 Å². The van der Waals surface area contributed by atoms with Crippen molar-refractivity contribution in [2.45, 2.75) is 12.8 Å². The van der Waals surface area contributed by atoms with Crippen molar-refractivity contribution < 1.29 is 19.8 Å². The van der Waals surface area contributed by atoms with Crippen molar-refractivity contribution in [1.29, 1.82) is 0 Å². The summed E-state index contributed by atoms with van der Waals surface area (Å²) in [7, 11) is 0. The van der Waals surface area contributed by atoms with Crippen LogP contribution >= 0.6 is 24.0 Å². The number of thiocarbonyl (C=S) groups is 1. The summed E-state index contributed by atoms with van der Waals surface area (Å²) in [6.45, 7) is 0.247. The maximum Gasteiger partial charge on any atom is 0.266 e. The minimum absolute atomic E-state index is 0.0831. The van der Waals surface area contributed by atoms with Gasteiger partial charge in [0, 0.05) is 18.1 Å². The van der Waals surface area contributed by atoms with Crippen molar-refractivity contribution in [1.82, 2.24) is 4.90 Å². The predicted octanol–water partition coefficient (Wildman–Crippen LogP) is 1.12. The van der Waals surface area contributed by atoms with Gasteiger partial charge in [0.2, 0.25) is 0 Å². The molecule has 0 bridgehead atoms. The first-order valence-corrected chi connectivity index (χ1v) is 7.44.